The van der Waals surface area contributed by atoms with Crippen molar-refractivity contribution in [2.75, 3.05) is 7.05 Å². The van der Waals surface area contributed by atoms with Crippen LogP contribution in [0.25, 0.3) is 10.2 Å². The molecule has 136 valence electrons. The van der Waals surface area contributed by atoms with Gasteiger partial charge in [-0.3, -0.25) is 4.79 Å². The average Bonchev–Trinajstić information content (AvgIpc) is 3.29. The van der Waals surface area contributed by atoms with Crippen LogP contribution < -0.4 is 0 Å². The average molecular weight is 375 g/mol. The molecule has 4 rings (SSSR count). The van der Waals surface area contributed by atoms with Crippen molar-refractivity contribution in [2.45, 2.75) is 19.5 Å². The fourth-order valence-corrected chi connectivity index (χ4v) is 4.34. The quantitative estimate of drug-likeness (QED) is 0.447. The zero-order valence-corrected chi connectivity index (χ0v) is 16.3. The minimum absolute atomic E-state index is 0.0463. The molecule has 0 fully saturated rings. The van der Waals surface area contributed by atoms with Crippen LogP contribution in [0.4, 0.5) is 0 Å². The van der Waals surface area contributed by atoms with Gasteiger partial charge in [0.2, 0.25) is 0 Å². The zero-order valence-electron chi connectivity index (χ0n) is 15.5. The molecule has 0 radical (unpaired) electrons. The monoisotopic (exact) mass is 374 g/mol. The number of benzene rings is 2. The van der Waals surface area contributed by atoms with E-state index in [0.29, 0.717) is 6.54 Å². The van der Waals surface area contributed by atoms with Crippen LogP contribution in [0.2, 0.25) is 0 Å². The van der Waals surface area contributed by atoms with Crippen molar-refractivity contribution in [3.63, 3.8) is 0 Å². The predicted octanol–water partition coefficient (Wildman–Crippen LogP) is 5.58. The third-order valence-electron chi connectivity index (χ3n) is 4.96. The van der Waals surface area contributed by atoms with Crippen LogP contribution in [0, 0.1) is 0 Å². The number of hydrogen-bond acceptors (Lipinski definition) is 2. The number of aromatic nitrogens is 1. The predicted molar refractivity (Wildman–Crippen MR) is 112 cm³/mol. The van der Waals surface area contributed by atoms with Crippen molar-refractivity contribution in [3.05, 3.63) is 95.0 Å². The normalized spacial score (nSPS) is 12.2. The molecule has 0 aliphatic rings. The lowest BCUT2D eigenvalue weighted by atomic mass is 10.1. The highest BCUT2D eigenvalue weighted by molar-refractivity contribution is 7.17. The molecule has 2 heterocycles. The molecular weight excluding hydrogens is 352 g/mol. The van der Waals surface area contributed by atoms with E-state index in [1.165, 1.54) is 5.56 Å². The third kappa shape index (κ3) is 3.40. The molecule has 1 amide bonds. The summed E-state index contributed by atoms with van der Waals surface area (Å²) in [5, 5.41) is 2.08. The SMILES string of the molecule is CC(c1ccccc1)n1c(C(=O)N(C)Cc2ccccc2)cc2sccc21. The molecule has 3 nitrogen and oxygen atoms in total. The summed E-state index contributed by atoms with van der Waals surface area (Å²) in [4.78, 5) is 15.1. The fourth-order valence-electron chi connectivity index (χ4n) is 3.53. The molecule has 0 N–H and O–H groups in total. The molecule has 1 unspecified atom stereocenters. The van der Waals surface area contributed by atoms with Gasteiger partial charge in [-0.1, -0.05) is 60.7 Å². The number of carbonyl (C=O) groups is 1. The van der Waals surface area contributed by atoms with Crippen LogP contribution in [0.15, 0.2) is 78.2 Å². The minimum atomic E-state index is 0.0463. The molecule has 0 aliphatic heterocycles. The van der Waals surface area contributed by atoms with Crippen LogP contribution in [0.3, 0.4) is 0 Å². The van der Waals surface area contributed by atoms with Crippen molar-refractivity contribution < 1.29 is 4.79 Å². The molecule has 0 spiro atoms. The Balaban J connectivity index is 1.71. The summed E-state index contributed by atoms with van der Waals surface area (Å²) in [6.45, 7) is 2.75. The smallest absolute Gasteiger partial charge is 0.270 e. The molecular formula is C23H22N2OS. The van der Waals surface area contributed by atoms with Crippen molar-refractivity contribution in [1.82, 2.24) is 9.47 Å². The van der Waals surface area contributed by atoms with Gasteiger partial charge in [0.25, 0.3) is 5.91 Å². The number of amides is 1. The molecule has 0 saturated heterocycles. The second-order valence-corrected chi connectivity index (χ2v) is 7.75. The van der Waals surface area contributed by atoms with Gasteiger partial charge >= 0.3 is 0 Å². The van der Waals surface area contributed by atoms with E-state index in [0.717, 1.165) is 21.5 Å². The summed E-state index contributed by atoms with van der Waals surface area (Å²) in [5.41, 5.74) is 4.18. The fraction of sp³-hybridized carbons (Fsp3) is 0.174. The van der Waals surface area contributed by atoms with E-state index >= 15 is 0 Å². The van der Waals surface area contributed by atoms with Crippen LogP contribution in [0.1, 0.15) is 34.6 Å². The molecule has 2 aromatic heterocycles. The highest BCUT2D eigenvalue weighted by Gasteiger charge is 2.23. The molecule has 2 aromatic carbocycles. The first-order chi connectivity index (χ1) is 13.1. The summed E-state index contributed by atoms with van der Waals surface area (Å²) in [6.07, 6.45) is 0. The second-order valence-electron chi connectivity index (χ2n) is 6.80. The van der Waals surface area contributed by atoms with Crippen molar-refractivity contribution in [1.29, 1.82) is 0 Å². The highest BCUT2D eigenvalue weighted by Crippen LogP contribution is 2.32. The van der Waals surface area contributed by atoms with Gasteiger partial charge < -0.3 is 9.47 Å². The Morgan fingerprint density at radius 3 is 2.41 bits per heavy atom. The zero-order chi connectivity index (χ0) is 18.8. The largest absolute Gasteiger partial charge is 0.336 e. The van der Waals surface area contributed by atoms with Crippen LogP contribution >= 0.6 is 11.3 Å². The van der Waals surface area contributed by atoms with E-state index in [-0.39, 0.29) is 11.9 Å². The number of nitrogens with zero attached hydrogens (tertiary/aromatic N) is 2. The number of fused-ring (bicyclic) bond motifs is 1. The summed E-state index contributed by atoms with van der Waals surface area (Å²) in [5.74, 6) is 0.0463. The lowest BCUT2D eigenvalue weighted by molar-refractivity contribution is 0.0774. The van der Waals surface area contributed by atoms with Gasteiger partial charge in [-0.2, -0.15) is 0 Å². The first-order valence-corrected chi connectivity index (χ1v) is 9.96. The topological polar surface area (TPSA) is 25.2 Å². The van der Waals surface area contributed by atoms with Crippen molar-refractivity contribution in [2.24, 2.45) is 0 Å². The summed E-state index contributed by atoms with van der Waals surface area (Å²) < 4.78 is 3.32. The van der Waals surface area contributed by atoms with Gasteiger partial charge in [0.1, 0.15) is 5.69 Å². The number of thiophene rings is 1. The maximum absolute atomic E-state index is 13.3. The Hall–Kier alpha value is -2.85. The van der Waals surface area contributed by atoms with Crippen molar-refractivity contribution in [3.8, 4) is 0 Å². The first kappa shape index (κ1) is 17.6. The number of carbonyl (C=O) groups excluding carboxylic acids is 1. The van der Waals surface area contributed by atoms with E-state index in [2.05, 4.69) is 35.1 Å². The molecule has 27 heavy (non-hydrogen) atoms. The summed E-state index contributed by atoms with van der Waals surface area (Å²) in [7, 11) is 1.87. The second kappa shape index (κ2) is 7.41. The maximum Gasteiger partial charge on any atom is 0.270 e. The molecule has 4 heteroatoms. The molecule has 4 aromatic rings. The van der Waals surface area contributed by atoms with E-state index < -0.39 is 0 Å². The van der Waals surface area contributed by atoms with Gasteiger partial charge in [-0.05, 0) is 35.6 Å². The number of rotatable bonds is 5. The lowest BCUT2D eigenvalue weighted by Crippen LogP contribution is -2.29. The van der Waals surface area contributed by atoms with E-state index in [9.17, 15) is 4.79 Å². The molecule has 0 bridgehead atoms. The standard InChI is InChI=1S/C23H22N2OS/c1-17(19-11-7-4-8-12-19)25-20-13-14-27-22(20)15-21(25)23(26)24(2)16-18-9-5-3-6-10-18/h3-15,17H,16H2,1-2H3. The number of hydrogen-bond donors (Lipinski definition) is 0. The van der Waals surface area contributed by atoms with Crippen LogP contribution in [0.5, 0.6) is 0 Å². The van der Waals surface area contributed by atoms with E-state index in [4.69, 9.17) is 0 Å². The maximum atomic E-state index is 13.3. The van der Waals surface area contributed by atoms with Crippen LogP contribution in [-0.4, -0.2) is 22.4 Å². The van der Waals surface area contributed by atoms with Crippen LogP contribution in [-0.2, 0) is 6.54 Å². The van der Waals surface area contributed by atoms with Gasteiger partial charge in [0, 0.05) is 13.6 Å². The van der Waals surface area contributed by atoms with E-state index in [1.807, 2.05) is 61.6 Å². The Morgan fingerprint density at radius 1 is 1.04 bits per heavy atom. The van der Waals surface area contributed by atoms with Gasteiger partial charge in [-0.15, -0.1) is 11.3 Å². The van der Waals surface area contributed by atoms with Gasteiger partial charge in [-0.25, -0.2) is 0 Å². The molecule has 0 aliphatic carbocycles. The Labute approximate surface area is 163 Å². The third-order valence-corrected chi connectivity index (χ3v) is 5.81. The molecule has 0 saturated carbocycles. The van der Waals surface area contributed by atoms with E-state index in [1.54, 1.807) is 16.2 Å². The first-order valence-electron chi connectivity index (χ1n) is 9.08. The summed E-state index contributed by atoms with van der Waals surface area (Å²) >= 11 is 1.68. The van der Waals surface area contributed by atoms with Gasteiger partial charge in [0.05, 0.1) is 16.3 Å². The highest BCUT2D eigenvalue weighted by atomic mass is 32.1. The van der Waals surface area contributed by atoms with Gasteiger partial charge in [0.15, 0.2) is 0 Å². The Morgan fingerprint density at radius 2 is 1.70 bits per heavy atom. The Kier molecular flexibility index (Phi) is 4.82. The summed E-state index contributed by atoms with van der Waals surface area (Å²) in [6, 6.07) is 24.7. The van der Waals surface area contributed by atoms with Crippen molar-refractivity contribution >= 4 is 27.5 Å². The minimum Gasteiger partial charge on any atom is -0.336 e. The Bertz CT molecular complexity index is 1050. The lowest BCUT2D eigenvalue weighted by Gasteiger charge is -2.22. The molecule has 1 atom stereocenters.